The van der Waals surface area contributed by atoms with Crippen molar-refractivity contribution in [2.45, 2.75) is 4.90 Å². The van der Waals surface area contributed by atoms with Gasteiger partial charge in [0.25, 0.3) is 15.9 Å². The van der Waals surface area contributed by atoms with E-state index in [1.807, 2.05) is 0 Å². The molecule has 0 aliphatic heterocycles. The van der Waals surface area contributed by atoms with Crippen molar-refractivity contribution in [3.63, 3.8) is 0 Å². The summed E-state index contributed by atoms with van der Waals surface area (Å²) in [7, 11) is -2.73. The maximum absolute atomic E-state index is 13.7. The van der Waals surface area contributed by atoms with Gasteiger partial charge >= 0.3 is 0 Å². The summed E-state index contributed by atoms with van der Waals surface area (Å²) in [6.07, 6.45) is 0. The topological polar surface area (TPSA) is 114 Å². The summed E-state index contributed by atoms with van der Waals surface area (Å²) < 4.78 is 59.4. The third kappa shape index (κ3) is 6.04. The van der Waals surface area contributed by atoms with Gasteiger partial charge < -0.3 is 15.4 Å². The Morgan fingerprint density at radius 2 is 1.67 bits per heavy atom. The Morgan fingerprint density at radius 3 is 2.33 bits per heavy atom. The average molecular weight is 475 g/mol. The third-order valence-corrected chi connectivity index (χ3v) is 5.76. The lowest BCUT2D eigenvalue weighted by Gasteiger charge is -2.14. The van der Waals surface area contributed by atoms with Gasteiger partial charge in [0, 0.05) is 5.69 Å². The van der Waals surface area contributed by atoms with E-state index in [1.165, 1.54) is 43.5 Å². The van der Waals surface area contributed by atoms with E-state index < -0.39 is 40.0 Å². The molecule has 33 heavy (non-hydrogen) atoms. The fourth-order valence-electron chi connectivity index (χ4n) is 2.79. The minimum absolute atomic E-state index is 0.0232. The van der Waals surface area contributed by atoms with Crippen LogP contribution in [-0.4, -0.2) is 33.9 Å². The number of hydrogen-bond acceptors (Lipinski definition) is 5. The molecule has 0 aromatic heterocycles. The molecule has 0 fully saturated rings. The van der Waals surface area contributed by atoms with Crippen LogP contribution in [0.2, 0.25) is 0 Å². The Morgan fingerprint density at radius 1 is 0.970 bits per heavy atom. The van der Waals surface area contributed by atoms with Gasteiger partial charge in [-0.3, -0.25) is 14.3 Å². The minimum Gasteiger partial charge on any atom is -0.495 e. The van der Waals surface area contributed by atoms with Gasteiger partial charge in [0.05, 0.1) is 29.8 Å². The van der Waals surface area contributed by atoms with Crippen LogP contribution in [0.25, 0.3) is 0 Å². The molecule has 3 rings (SSSR count). The summed E-state index contributed by atoms with van der Waals surface area (Å²) in [5.74, 6) is -2.52. The van der Waals surface area contributed by atoms with Gasteiger partial charge in [-0.25, -0.2) is 17.2 Å². The molecule has 0 spiro atoms. The molecule has 0 atom stereocenters. The van der Waals surface area contributed by atoms with Gasteiger partial charge in [0.15, 0.2) is 0 Å². The summed E-state index contributed by atoms with van der Waals surface area (Å²) in [5.41, 5.74) is 0.0278. The first kappa shape index (κ1) is 23.7. The second-order valence-corrected chi connectivity index (χ2v) is 8.37. The molecular weight excluding hydrogens is 456 g/mol. The molecule has 8 nitrogen and oxygen atoms in total. The third-order valence-electron chi connectivity index (χ3n) is 4.38. The maximum Gasteiger partial charge on any atom is 0.262 e. The predicted molar refractivity (Wildman–Crippen MR) is 118 cm³/mol. The first-order valence-electron chi connectivity index (χ1n) is 9.48. The molecule has 0 saturated heterocycles. The van der Waals surface area contributed by atoms with Gasteiger partial charge in [0.1, 0.15) is 17.4 Å². The fraction of sp³-hybridized carbons (Fsp3) is 0.0909. The van der Waals surface area contributed by atoms with Crippen LogP contribution in [0.5, 0.6) is 5.75 Å². The summed E-state index contributed by atoms with van der Waals surface area (Å²) in [4.78, 5) is 24.1. The maximum atomic E-state index is 13.7. The Kier molecular flexibility index (Phi) is 7.23. The number of methoxy groups -OCH3 is 1. The molecular formula is C22H19F2N3O5S. The number of benzene rings is 3. The van der Waals surface area contributed by atoms with E-state index in [4.69, 9.17) is 4.74 Å². The highest BCUT2D eigenvalue weighted by atomic mass is 32.2. The van der Waals surface area contributed by atoms with E-state index in [-0.39, 0.29) is 27.6 Å². The largest absolute Gasteiger partial charge is 0.495 e. The zero-order valence-electron chi connectivity index (χ0n) is 17.3. The molecule has 0 aliphatic rings. The first-order chi connectivity index (χ1) is 15.7. The van der Waals surface area contributed by atoms with E-state index in [2.05, 4.69) is 15.4 Å². The van der Waals surface area contributed by atoms with Crippen molar-refractivity contribution < 1.29 is 31.5 Å². The van der Waals surface area contributed by atoms with E-state index in [1.54, 1.807) is 0 Å². The average Bonchev–Trinajstić information content (AvgIpc) is 2.78. The number of carbonyl (C=O) groups is 2. The van der Waals surface area contributed by atoms with Gasteiger partial charge in [-0.2, -0.15) is 0 Å². The standard InChI is InChI=1S/C22H19F2N3O5S/c1-32-20-11-8-15(12-19(20)27-33(30,31)16-9-6-14(23)7-10-16)26-21(28)13-25-22(29)17-4-2-3-5-18(17)24/h2-12,27H,13H2,1H3,(H,25,29)(H,26,28). The summed E-state index contributed by atoms with van der Waals surface area (Å²) in [6, 6.07) is 13.8. The van der Waals surface area contributed by atoms with E-state index in [0.29, 0.717) is 0 Å². The molecule has 11 heteroatoms. The number of ether oxygens (including phenoxy) is 1. The zero-order valence-corrected chi connectivity index (χ0v) is 18.1. The number of halogens is 2. The normalized spacial score (nSPS) is 10.9. The highest BCUT2D eigenvalue weighted by Gasteiger charge is 2.18. The van der Waals surface area contributed by atoms with Crippen LogP contribution < -0.4 is 20.1 Å². The van der Waals surface area contributed by atoms with E-state index >= 15 is 0 Å². The number of anilines is 2. The second kappa shape index (κ2) is 10.1. The molecule has 172 valence electrons. The summed E-state index contributed by atoms with van der Waals surface area (Å²) >= 11 is 0. The van der Waals surface area contributed by atoms with Crippen molar-refractivity contribution in [3.05, 3.63) is 83.9 Å². The van der Waals surface area contributed by atoms with Crippen LogP contribution in [0.4, 0.5) is 20.2 Å². The Labute approximate surface area is 188 Å². The quantitative estimate of drug-likeness (QED) is 0.463. The molecule has 0 saturated carbocycles. The van der Waals surface area contributed by atoms with Crippen LogP contribution in [0.1, 0.15) is 10.4 Å². The molecule has 3 N–H and O–H groups in total. The first-order valence-corrected chi connectivity index (χ1v) is 11.0. The van der Waals surface area contributed by atoms with Gasteiger partial charge in [-0.05, 0) is 54.6 Å². The Bertz CT molecular complexity index is 1280. The molecule has 0 unspecified atom stereocenters. The van der Waals surface area contributed by atoms with Crippen molar-refractivity contribution in [1.29, 1.82) is 0 Å². The van der Waals surface area contributed by atoms with E-state index in [0.717, 1.165) is 30.3 Å². The molecule has 2 amide bonds. The zero-order chi connectivity index (χ0) is 24.0. The lowest BCUT2D eigenvalue weighted by molar-refractivity contribution is -0.115. The lowest BCUT2D eigenvalue weighted by atomic mass is 10.2. The molecule has 3 aromatic carbocycles. The van der Waals surface area contributed by atoms with Crippen molar-refractivity contribution in [1.82, 2.24) is 5.32 Å². The number of sulfonamides is 1. The van der Waals surface area contributed by atoms with Crippen molar-refractivity contribution in [2.75, 3.05) is 23.7 Å². The van der Waals surface area contributed by atoms with Crippen LogP contribution in [0.3, 0.4) is 0 Å². The molecule has 3 aromatic rings. The monoisotopic (exact) mass is 475 g/mol. The predicted octanol–water partition coefficient (Wildman–Crippen LogP) is 3.14. The molecule has 0 aliphatic carbocycles. The van der Waals surface area contributed by atoms with Gasteiger partial charge in [0.2, 0.25) is 5.91 Å². The SMILES string of the molecule is COc1ccc(NC(=O)CNC(=O)c2ccccc2F)cc1NS(=O)(=O)c1ccc(F)cc1. The summed E-state index contributed by atoms with van der Waals surface area (Å²) in [5, 5.41) is 4.80. The van der Waals surface area contributed by atoms with E-state index in [9.17, 15) is 26.8 Å². The minimum atomic E-state index is -4.07. The van der Waals surface area contributed by atoms with Gasteiger partial charge in [-0.15, -0.1) is 0 Å². The number of rotatable bonds is 8. The van der Waals surface area contributed by atoms with Crippen LogP contribution >= 0.6 is 0 Å². The lowest BCUT2D eigenvalue weighted by Crippen LogP contribution is -2.33. The van der Waals surface area contributed by atoms with Crippen LogP contribution in [-0.2, 0) is 14.8 Å². The van der Waals surface area contributed by atoms with Crippen LogP contribution in [0.15, 0.2) is 71.6 Å². The second-order valence-electron chi connectivity index (χ2n) is 6.69. The molecule has 0 radical (unpaired) electrons. The highest BCUT2D eigenvalue weighted by molar-refractivity contribution is 7.92. The number of amides is 2. The van der Waals surface area contributed by atoms with Gasteiger partial charge in [-0.1, -0.05) is 12.1 Å². The number of nitrogens with one attached hydrogen (secondary N) is 3. The number of hydrogen-bond donors (Lipinski definition) is 3. The Balaban J connectivity index is 1.70. The van der Waals surface area contributed by atoms with Crippen LogP contribution in [0, 0.1) is 11.6 Å². The molecule has 0 bridgehead atoms. The molecule has 0 heterocycles. The van der Waals surface area contributed by atoms with Crippen molar-refractivity contribution >= 4 is 33.2 Å². The van der Waals surface area contributed by atoms with Crippen molar-refractivity contribution in [3.8, 4) is 5.75 Å². The number of carbonyl (C=O) groups excluding carboxylic acids is 2. The highest BCUT2D eigenvalue weighted by Crippen LogP contribution is 2.30. The Hall–Kier alpha value is -3.99. The van der Waals surface area contributed by atoms with Crippen molar-refractivity contribution in [2.24, 2.45) is 0 Å². The summed E-state index contributed by atoms with van der Waals surface area (Å²) in [6.45, 7) is -0.449. The smallest absolute Gasteiger partial charge is 0.262 e. The fourth-order valence-corrected chi connectivity index (χ4v) is 3.85.